The van der Waals surface area contributed by atoms with Crippen molar-refractivity contribution in [3.8, 4) is 0 Å². The van der Waals surface area contributed by atoms with E-state index in [0.717, 1.165) is 0 Å². The van der Waals surface area contributed by atoms with Crippen LogP contribution in [0.25, 0.3) is 0 Å². The molecule has 0 saturated carbocycles. The summed E-state index contributed by atoms with van der Waals surface area (Å²) in [6.07, 6.45) is 7.94. The fourth-order valence-corrected chi connectivity index (χ4v) is 18.1. The molecule has 20 heavy (non-hydrogen) atoms. The second kappa shape index (κ2) is 9.59. The summed E-state index contributed by atoms with van der Waals surface area (Å²) in [4.78, 5) is 0. The molecule has 0 fully saturated rings. The first kappa shape index (κ1) is 17.7. The van der Waals surface area contributed by atoms with Crippen LogP contribution in [0.15, 0.2) is 12.1 Å². The Labute approximate surface area is 128 Å². The zero-order valence-electron chi connectivity index (χ0n) is 13.5. The van der Waals surface area contributed by atoms with Gasteiger partial charge < -0.3 is 0 Å². The minimum atomic E-state index is -2.36. The molecule has 1 rings (SSSR count). The second-order valence-electron chi connectivity index (χ2n) is 5.93. The van der Waals surface area contributed by atoms with Crippen LogP contribution in [-0.2, 0) is 0 Å². The van der Waals surface area contributed by atoms with Crippen LogP contribution in [0.3, 0.4) is 0 Å². The minimum absolute atomic E-state index is 0.551. The van der Waals surface area contributed by atoms with Crippen molar-refractivity contribution < 1.29 is 0 Å². The molecule has 0 bridgehead atoms. The molecule has 0 aliphatic carbocycles. The third-order valence-corrected chi connectivity index (χ3v) is 19.3. The van der Waals surface area contributed by atoms with Crippen LogP contribution in [0.5, 0.6) is 0 Å². The van der Waals surface area contributed by atoms with Gasteiger partial charge in [-0.25, -0.2) is 0 Å². The van der Waals surface area contributed by atoms with Crippen LogP contribution in [0.4, 0.5) is 5.82 Å². The quantitative estimate of drug-likeness (QED) is 0.618. The first-order chi connectivity index (χ1) is 9.68. The molecule has 0 aliphatic rings. The molecule has 0 aromatic carbocycles. The average Bonchev–Trinajstić information content (AvgIpc) is 2.48. The summed E-state index contributed by atoms with van der Waals surface area (Å²) in [5, 5.41) is 8.68. The van der Waals surface area contributed by atoms with Gasteiger partial charge in [0.25, 0.3) is 0 Å². The molecule has 114 valence electrons. The predicted molar refractivity (Wildman–Crippen MR) is 91.0 cm³/mol. The number of nitrogen functional groups attached to an aromatic ring is 1. The van der Waals surface area contributed by atoms with Crippen LogP contribution in [0.1, 0.15) is 59.3 Å². The normalized spacial score (nSPS) is 11.8. The molecule has 2 N–H and O–H groups in total. The van der Waals surface area contributed by atoms with Gasteiger partial charge in [0.15, 0.2) is 0 Å². The second-order valence-corrected chi connectivity index (χ2v) is 19.0. The fraction of sp³-hybridized carbons (Fsp3) is 0.750. The summed E-state index contributed by atoms with van der Waals surface area (Å²) < 4.78 is 5.67. The molecular formula is C16H31N3Sn. The summed E-state index contributed by atoms with van der Waals surface area (Å²) in [5.74, 6) is 0.551. The fourth-order valence-electron chi connectivity index (χ4n) is 2.93. The summed E-state index contributed by atoms with van der Waals surface area (Å²) in [7, 11) is 0. The van der Waals surface area contributed by atoms with Gasteiger partial charge in [-0.1, -0.05) is 0 Å². The molecule has 1 heterocycles. The molecule has 3 nitrogen and oxygen atoms in total. The molecule has 0 unspecified atom stereocenters. The van der Waals surface area contributed by atoms with E-state index in [2.05, 4.69) is 37.0 Å². The van der Waals surface area contributed by atoms with Gasteiger partial charge >= 0.3 is 129 Å². The van der Waals surface area contributed by atoms with Gasteiger partial charge in [-0.05, 0) is 0 Å². The average molecular weight is 384 g/mol. The van der Waals surface area contributed by atoms with Gasteiger partial charge in [-0.3, -0.25) is 0 Å². The maximum atomic E-state index is 5.72. The number of hydrogen-bond donors (Lipinski definition) is 1. The summed E-state index contributed by atoms with van der Waals surface area (Å²) >= 11 is -2.36. The molecular weight excluding hydrogens is 353 g/mol. The Bertz CT molecular complexity index is 343. The Kier molecular flexibility index (Phi) is 8.50. The predicted octanol–water partition coefficient (Wildman–Crippen LogP) is 4.11. The van der Waals surface area contributed by atoms with Gasteiger partial charge in [-0.15, -0.1) is 0 Å². The van der Waals surface area contributed by atoms with E-state index in [4.69, 9.17) is 5.73 Å². The van der Waals surface area contributed by atoms with Crippen molar-refractivity contribution in [2.75, 3.05) is 5.73 Å². The van der Waals surface area contributed by atoms with Crippen molar-refractivity contribution in [1.29, 1.82) is 0 Å². The van der Waals surface area contributed by atoms with Crippen molar-refractivity contribution in [3.63, 3.8) is 0 Å². The van der Waals surface area contributed by atoms with E-state index in [1.165, 1.54) is 55.5 Å². The van der Waals surface area contributed by atoms with E-state index in [0.29, 0.717) is 5.82 Å². The Morgan fingerprint density at radius 1 is 0.850 bits per heavy atom. The number of rotatable bonds is 10. The first-order valence-electron chi connectivity index (χ1n) is 8.28. The Balaban J connectivity index is 3.00. The molecule has 4 heteroatoms. The number of anilines is 1. The monoisotopic (exact) mass is 385 g/mol. The topological polar surface area (TPSA) is 51.8 Å². The maximum absolute atomic E-state index is 5.72. The van der Waals surface area contributed by atoms with Crippen molar-refractivity contribution in [2.24, 2.45) is 0 Å². The van der Waals surface area contributed by atoms with Crippen LogP contribution >= 0.6 is 0 Å². The zero-order chi connectivity index (χ0) is 14.8. The van der Waals surface area contributed by atoms with Crippen molar-refractivity contribution in [3.05, 3.63) is 12.1 Å². The van der Waals surface area contributed by atoms with Crippen LogP contribution in [0, 0.1) is 0 Å². The SMILES string of the molecule is CCC[CH2][Sn]([CH2]CCC)([CH2]CCC)[c]1ccc(N)nn1. The van der Waals surface area contributed by atoms with Gasteiger partial charge in [0.2, 0.25) is 0 Å². The number of hydrogen-bond acceptors (Lipinski definition) is 3. The Morgan fingerprint density at radius 2 is 1.35 bits per heavy atom. The molecule has 0 saturated heterocycles. The van der Waals surface area contributed by atoms with E-state index in [1.807, 2.05) is 6.07 Å². The molecule has 0 aliphatic heterocycles. The van der Waals surface area contributed by atoms with E-state index >= 15 is 0 Å². The first-order valence-corrected chi connectivity index (χ1v) is 15.8. The van der Waals surface area contributed by atoms with Gasteiger partial charge in [0.1, 0.15) is 0 Å². The molecule has 1 aromatic rings. The number of unbranched alkanes of at least 4 members (excludes halogenated alkanes) is 3. The third-order valence-electron chi connectivity index (χ3n) is 4.26. The van der Waals surface area contributed by atoms with Crippen LogP contribution < -0.4 is 9.44 Å². The molecule has 0 spiro atoms. The number of nitrogens with zero attached hydrogens (tertiary/aromatic N) is 2. The van der Waals surface area contributed by atoms with Crippen molar-refractivity contribution in [2.45, 2.75) is 72.6 Å². The zero-order valence-corrected chi connectivity index (χ0v) is 16.3. The summed E-state index contributed by atoms with van der Waals surface area (Å²) in [6.45, 7) is 6.89. The molecule has 1 aromatic heterocycles. The standard InChI is InChI=1S/C4H4N3.3C4H9.Sn/c5-4-2-1-3-6-7-4;3*1-3-4-2;/h1-2H,(H2,5,7);3*1,3-4H2,2H3;. The number of aromatic nitrogens is 2. The Hall–Kier alpha value is -0.321. The van der Waals surface area contributed by atoms with E-state index < -0.39 is 18.4 Å². The van der Waals surface area contributed by atoms with Crippen molar-refractivity contribution >= 4 is 27.9 Å². The number of nitrogens with two attached hydrogens (primary N) is 1. The van der Waals surface area contributed by atoms with Crippen LogP contribution in [0.2, 0.25) is 13.3 Å². The van der Waals surface area contributed by atoms with E-state index in [-0.39, 0.29) is 0 Å². The summed E-state index contributed by atoms with van der Waals surface area (Å²) in [6, 6.07) is 4.15. The molecule has 0 radical (unpaired) electrons. The van der Waals surface area contributed by atoms with E-state index in [1.54, 1.807) is 0 Å². The van der Waals surface area contributed by atoms with Crippen molar-refractivity contribution in [1.82, 2.24) is 10.2 Å². The Morgan fingerprint density at radius 3 is 1.70 bits per heavy atom. The molecule has 0 amide bonds. The van der Waals surface area contributed by atoms with Gasteiger partial charge in [-0.2, -0.15) is 0 Å². The third kappa shape index (κ3) is 5.23. The van der Waals surface area contributed by atoms with E-state index in [9.17, 15) is 0 Å². The van der Waals surface area contributed by atoms with Gasteiger partial charge in [0.05, 0.1) is 0 Å². The molecule has 0 atom stereocenters. The summed E-state index contributed by atoms with van der Waals surface area (Å²) in [5.41, 5.74) is 5.72. The van der Waals surface area contributed by atoms with Crippen LogP contribution in [-0.4, -0.2) is 28.6 Å². The van der Waals surface area contributed by atoms with Gasteiger partial charge in [0, 0.05) is 0 Å².